The molecule has 6 nitrogen and oxygen atoms in total. The van der Waals surface area contributed by atoms with E-state index in [4.69, 9.17) is 10.5 Å². The van der Waals surface area contributed by atoms with Gasteiger partial charge in [0.05, 0.1) is 12.1 Å². The van der Waals surface area contributed by atoms with E-state index in [1.807, 2.05) is 0 Å². The molecule has 3 N–H and O–H groups in total. The first kappa shape index (κ1) is 17.9. The van der Waals surface area contributed by atoms with Crippen LogP contribution in [0.4, 0.5) is 9.39 Å². The molecular weight excluding hydrogens is 333 g/mol. The molecule has 1 aromatic heterocycles. The van der Waals surface area contributed by atoms with Crippen molar-refractivity contribution < 1.29 is 18.7 Å². The molecule has 0 aliphatic carbocycles. The zero-order valence-corrected chi connectivity index (χ0v) is 13.9. The number of primary amides is 1. The zero-order chi connectivity index (χ0) is 17.5. The molecule has 0 atom stereocenters. The van der Waals surface area contributed by atoms with Gasteiger partial charge in [-0.15, -0.1) is 11.3 Å². The van der Waals surface area contributed by atoms with Gasteiger partial charge < -0.3 is 15.8 Å². The minimum atomic E-state index is -0.580. The van der Waals surface area contributed by atoms with Crippen molar-refractivity contribution in [2.75, 3.05) is 32.1 Å². The molecule has 0 fully saturated rings. The molecule has 1 heterocycles. The van der Waals surface area contributed by atoms with Gasteiger partial charge in [-0.05, 0) is 30.6 Å². The van der Waals surface area contributed by atoms with Crippen LogP contribution in [0.2, 0.25) is 0 Å². The summed E-state index contributed by atoms with van der Waals surface area (Å²) in [5.74, 6) is -0.754. The number of amides is 2. The minimum absolute atomic E-state index is 0.128. The van der Waals surface area contributed by atoms with Crippen molar-refractivity contribution in [2.24, 2.45) is 5.73 Å². The van der Waals surface area contributed by atoms with Crippen LogP contribution >= 0.6 is 11.3 Å². The number of hydrogen-bond donors (Lipinski definition) is 2. The van der Waals surface area contributed by atoms with Crippen LogP contribution in [-0.2, 0) is 4.79 Å². The second-order valence-corrected chi connectivity index (χ2v) is 6.04. The van der Waals surface area contributed by atoms with Gasteiger partial charge in [0, 0.05) is 12.6 Å². The summed E-state index contributed by atoms with van der Waals surface area (Å²) in [7, 11) is 1.76. The van der Waals surface area contributed by atoms with Gasteiger partial charge in [0.2, 0.25) is 5.91 Å². The van der Waals surface area contributed by atoms with Crippen molar-refractivity contribution in [3.63, 3.8) is 0 Å². The first-order valence-electron chi connectivity index (χ1n) is 7.20. The molecule has 0 spiro atoms. The molecule has 0 aliphatic heterocycles. The predicted octanol–water partition coefficient (Wildman–Crippen LogP) is 1.94. The van der Waals surface area contributed by atoms with Crippen LogP contribution in [0.25, 0.3) is 0 Å². The second-order valence-electron chi connectivity index (χ2n) is 5.12. The van der Waals surface area contributed by atoms with Crippen LogP contribution in [0.3, 0.4) is 0 Å². The number of ether oxygens (including phenoxy) is 1. The van der Waals surface area contributed by atoms with Gasteiger partial charge in [-0.25, -0.2) is 4.39 Å². The fourth-order valence-corrected chi connectivity index (χ4v) is 2.78. The topological polar surface area (TPSA) is 84.7 Å². The second kappa shape index (κ2) is 8.42. The van der Waals surface area contributed by atoms with Crippen LogP contribution in [-0.4, -0.2) is 43.5 Å². The van der Waals surface area contributed by atoms with Crippen molar-refractivity contribution in [3.8, 4) is 5.75 Å². The van der Waals surface area contributed by atoms with Gasteiger partial charge in [0.25, 0.3) is 5.91 Å². The van der Waals surface area contributed by atoms with E-state index >= 15 is 0 Å². The Morgan fingerprint density at radius 1 is 1.38 bits per heavy atom. The van der Waals surface area contributed by atoms with E-state index in [1.165, 1.54) is 23.5 Å². The summed E-state index contributed by atoms with van der Waals surface area (Å²) in [5.41, 5.74) is 5.53. The maximum absolute atomic E-state index is 13.0. The van der Waals surface area contributed by atoms with Crippen LogP contribution < -0.4 is 15.8 Å². The number of nitrogens with two attached hydrogens (primary N) is 1. The third kappa shape index (κ3) is 5.32. The summed E-state index contributed by atoms with van der Waals surface area (Å²) in [4.78, 5) is 25.0. The van der Waals surface area contributed by atoms with Crippen molar-refractivity contribution in [1.82, 2.24) is 4.90 Å². The Kier molecular flexibility index (Phi) is 6.28. The Hall–Kier alpha value is -2.45. The monoisotopic (exact) mass is 351 g/mol. The Morgan fingerprint density at radius 2 is 2.17 bits per heavy atom. The van der Waals surface area contributed by atoms with E-state index in [9.17, 15) is 14.0 Å². The maximum atomic E-state index is 13.0. The molecule has 0 radical (unpaired) electrons. The third-order valence-corrected chi connectivity index (χ3v) is 3.96. The van der Waals surface area contributed by atoms with E-state index in [2.05, 4.69) is 5.32 Å². The molecule has 2 rings (SSSR count). The normalized spacial score (nSPS) is 10.6. The quantitative estimate of drug-likeness (QED) is 0.761. The molecule has 1 aromatic carbocycles. The SMILES string of the molecule is CN(CCOc1cccc(F)c1)CC(=O)Nc1sccc1C(N)=O. The van der Waals surface area contributed by atoms with Gasteiger partial charge in [0.1, 0.15) is 23.2 Å². The predicted molar refractivity (Wildman–Crippen MR) is 90.9 cm³/mol. The van der Waals surface area contributed by atoms with Crippen LogP contribution in [0.15, 0.2) is 35.7 Å². The number of carbonyl (C=O) groups excluding carboxylic acids is 2. The Morgan fingerprint density at radius 3 is 2.88 bits per heavy atom. The van der Waals surface area contributed by atoms with E-state index in [-0.39, 0.29) is 18.3 Å². The number of nitrogens with one attached hydrogen (secondary N) is 1. The molecule has 2 aromatic rings. The van der Waals surface area contributed by atoms with Crippen molar-refractivity contribution in [2.45, 2.75) is 0 Å². The fraction of sp³-hybridized carbons (Fsp3) is 0.250. The number of hydrogen-bond acceptors (Lipinski definition) is 5. The van der Waals surface area contributed by atoms with Gasteiger partial charge in [-0.2, -0.15) is 0 Å². The largest absolute Gasteiger partial charge is 0.492 e. The number of rotatable bonds is 8. The lowest BCUT2D eigenvalue weighted by Gasteiger charge is -2.16. The molecule has 0 saturated heterocycles. The number of likely N-dealkylation sites (N-methyl/N-ethyl adjacent to an activating group) is 1. The highest BCUT2D eigenvalue weighted by atomic mass is 32.1. The number of thiophene rings is 1. The molecule has 0 bridgehead atoms. The highest BCUT2D eigenvalue weighted by molar-refractivity contribution is 7.14. The average Bonchev–Trinajstić information content (AvgIpc) is 2.95. The van der Waals surface area contributed by atoms with Crippen LogP contribution in [0.5, 0.6) is 5.75 Å². The van der Waals surface area contributed by atoms with Crippen molar-refractivity contribution in [1.29, 1.82) is 0 Å². The molecule has 24 heavy (non-hydrogen) atoms. The number of carbonyl (C=O) groups is 2. The lowest BCUT2D eigenvalue weighted by atomic mass is 10.3. The number of anilines is 1. The molecule has 0 aliphatic rings. The van der Waals surface area contributed by atoms with Gasteiger partial charge in [-0.1, -0.05) is 6.07 Å². The average molecular weight is 351 g/mol. The Bertz CT molecular complexity index is 720. The summed E-state index contributed by atoms with van der Waals surface area (Å²) < 4.78 is 18.4. The van der Waals surface area contributed by atoms with E-state index in [0.29, 0.717) is 29.5 Å². The van der Waals surface area contributed by atoms with Crippen LogP contribution in [0.1, 0.15) is 10.4 Å². The first-order chi connectivity index (χ1) is 11.5. The summed E-state index contributed by atoms with van der Waals surface area (Å²) in [6.07, 6.45) is 0. The molecule has 128 valence electrons. The van der Waals surface area contributed by atoms with Crippen molar-refractivity contribution in [3.05, 3.63) is 47.1 Å². The highest BCUT2D eigenvalue weighted by Gasteiger charge is 2.13. The standard InChI is InChI=1S/C16H18FN3O3S/c1-20(6-7-23-12-4-2-3-11(17)9-12)10-14(21)19-16-13(15(18)22)5-8-24-16/h2-5,8-9H,6-7,10H2,1H3,(H2,18,22)(H,19,21). The number of halogens is 1. The summed E-state index contributed by atoms with van der Waals surface area (Å²) >= 11 is 1.24. The summed E-state index contributed by atoms with van der Waals surface area (Å²) in [6, 6.07) is 7.44. The molecular formula is C16H18FN3O3S. The molecule has 0 unspecified atom stereocenters. The van der Waals surface area contributed by atoms with E-state index in [0.717, 1.165) is 0 Å². The first-order valence-corrected chi connectivity index (χ1v) is 8.07. The third-order valence-electron chi connectivity index (χ3n) is 3.13. The van der Waals surface area contributed by atoms with Gasteiger partial charge in [-0.3, -0.25) is 14.5 Å². The lowest BCUT2D eigenvalue weighted by molar-refractivity contribution is -0.117. The Labute approximate surface area is 143 Å². The van der Waals surface area contributed by atoms with Crippen LogP contribution in [0, 0.1) is 5.82 Å². The maximum Gasteiger partial charge on any atom is 0.251 e. The summed E-state index contributed by atoms with van der Waals surface area (Å²) in [5, 5.41) is 4.79. The highest BCUT2D eigenvalue weighted by Crippen LogP contribution is 2.22. The zero-order valence-electron chi connectivity index (χ0n) is 13.1. The van der Waals surface area contributed by atoms with E-state index < -0.39 is 5.91 Å². The Balaban J connectivity index is 1.75. The number of benzene rings is 1. The number of nitrogens with zero attached hydrogens (tertiary/aromatic N) is 1. The summed E-state index contributed by atoms with van der Waals surface area (Å²) in [6.45, 7) is 0.929. The molecule has 0 saturated carbocycles. The lowest BCUT2D eigenvalue weighted by Crippen LogP contribution is -2.33. The molecule has 2 amide bonds. The molecule has 8 heteroatoms. The minimum Gasteiger partial charge on any atom is -0.492 e. The fourth-order valence-electron chi connectivity index (χ4n) is 1.97. The van der Waals surface area contributed by atoms with Gasteiger partial charge >= 0.3 is 0 Å². The van der Waals surface area contributed by atoms with Gasteiger partial charge in [0.15, 0.2) is 0 Å². The van der Waals surface area contributed by atoms with Crippen molar-refractivity contribution >= 4 is 28.2 Å². The van der Waals surface area contributed by atoms with E-state index in [1.54, 1.807) is 35.5 Å². The smallest absolute Gasteiger partial charge is 0.251 e.